The molecule has 5 aromatic carbocycles. The van der Waals surface area contributed by atoms with Crippen molar-refractivity contribution in [3.05, 3.63) is 151 Å². The predicted octanol–water partition coefficient (Wildman–Crippen LogP) is 5.97. The van der Waals surface area contributed by atoms with Crippen molar-refractivity contribution in [3.63, 3.8) is 0 Å². The predicted molar refractivity (Wildman–Crippen MR) is 218 cm³/mol. The van der Waals surface area contributed by atoms with Crippen LogP contribution in [0.5, 0.6) is 5.75 Å². The smallest absolute Gasteiger partial charge is 0.261 e. The van der Waals surface area contributed by atoms with E-state index in [2.05, 4.69) is 58.9 Å². The van der Waals surface area contributed by atoms with Gasteiger partial charge in [-0.05, 0) is 54.9 Å². The third kappa shape index (κ3) is 7.34. The molecule has 3 N–H and O–H groups in total. The van der Waals surface area contributed by atoms with Gasteiger partial charge in [0, 0.05) is 5.92 Å². The van der Waals surface area contributed by atoms with Gasteiger partial charge >= 0.3 is 0 Å². The van der Waals surface area contributed by atoms with E-state index in [1.165, 1.54) is 0 Å². The maximum Gasteiger partial charge on any atom is 0.261 e. The summed E-state index contributed by atoms with van der Waals surface area (Å²) in [6, 6.07) is 48.3. The molecule has 2 unspecified atom stereocenters. The molecule has 278 valence electrons. The fourth-order valence-electron chi connectivity index (χ4n) is 8.59. The number of hydrogen-bond acceptors (Lipinski definition) is 6. The van der Waals surface area contributed by atoms with Crippen molar-refractivity contribution in [2.24, 2.45) is 5.92 Å². The Morgan fingerprint density at radius 2 is 1.08 bits per heavy atom. The van der Waals surface area contributed by atoms with Gasteiger partial charge in [-0.3, -0.25) is 0 Å². The van der Waals surface area contributed by atoms with Gasteiger partial charge in [0.1, 0.15) is 18.0 Å². The molecule has 8 heteroatoms. The minimum absolute atomic E-state index is 0.338. The van der Waals surface area contributed by atoms with Gasteiger partial charge in [-0.25, -0.2) is 0 Å². The van der Waals surface area contributed by atoms with Gasteiger partial charge in [0.15, 0.2) is 0 Å². The molecule has 0 aromatic heterocycles. The van der Waals surface area contributed by atoms with Crippen LogP contribution in [0.3, 0.4) is 0 Å². The molecule has 1 aliphatic heterocycles. The Morgan fingerprint density at radius 3 is 1.47 bits per heavy atom. The van der Waals surface area contributed by atoms with Crippen molar-refractivity contribution < 1.29 is 28.9 Å². The molecule has 0 saturated carbocycles. The Balaban J connectivity index is 1.51. The van der Waals surface area contributed by atoms with Crippen LogP contribution < -0.4 is 25.5 Å². The fraction of sp³-hybridized carbons (Fsp3) is 0.333. The van der Waals surface area contributed by atoms with Crippen LogP contribution in [-0.4, -0.2) is 63.7 Å². The lowest BCUT2D eigenvalue weighted by Gasteiger charge is -2.53. The molecule has 0 amide bonds. The summed E-state index contributed by atoms with van der Waals surface area (Å²) < 4.78 is 20.0. The summed E-state index contributed by atoms with van der Waals surface area (Å²) in [4.78, 5) is 13.2. The fourth-order valence-corrected chi connectivity index (χ4v) is 17.1. The molecule has 0 radical (unpaired) electrons. The SMILES string of the molecule is COc1ccc([C@@H]2O[C@H](CO)C(O[Si](c3ccccc3)(c3ccccc3)C(C)(C)C)[C@H](O)C2CC(C)(C)[Si](O)(c2ccccc2)c2ccccc2)cc1. The summed E-state index contributed by atoms with van der Waals surface area (Å²) in [6.07, 6.45) is -2.94. The van der Waals surface area contributed by atoms with Crippen molar-refractivity contribution in [2.75, 3.05) is 13.7 Å². The molecule has 1 aliphatic rings. The summed E-state index contributed by atoms with van der Waals surface area (Å²) in [5, 5.41) is 26.9. The summed E-state index contributed by atoms with van der Waals surface area (Å²) in [6.45, 7) is 10.5. The summed E-state index contributed by atoms with van der Waals surface area (Å²) >= 11 is 0. The first-order chi connectivity index (χ1) is 25.4. The summed E-state index contributed by atoms with van der Waals surface area (Å²) in [7, 11) is -5.04. The quantitative estimate of drug-likeness (QED) is 0.137. The van der Waals surface area contributed by atoms with Crippen LogP contribution in [0.15, 0.2) is 146 Å². The van der Waals surface area contributed by atoms with E-state index in [-0.39, 0.29) is 11.6 Å². The molecule has 0 spiro atoms. The molecule has 6 nitrogen and oxygen atoms in total. The van der Waals surface area contributed by atoms with Crippen LogP contribution in [0.25, 0.3) is 0 Å². The number of ether oxygens (including phenoxy) is 2. The highest BCUT2D eigenvalue weighted by Gasteiger charge is 2.58. The molecule has 0 aliphatic carbocycles. The Labute approximate surface area is 317 Å². The molecular formula is C45H54O6Si2. The number of hydrogen-bond donors (Lipinski definition) is 3. The molecule has 5 atom stereocenters. The average Bonchev–Trinajstić information content (AvgIpc) is 3.18. The highest BCUT2D eigenvalue weighted by Crippen LogP contribution is 2.50. The summed E-state index contributed by atoms with van der Waals surface area (Å²) in [5.41, 5.74) is 0.859. The third-order valence-corrected chi connectivity index (χ3v) is 20.8. The van der Waals surface area contributed by atoms with E-state index in [0.29, 0.717) is 12.2 Å². The molecule has 6 rings (SSSR count). The number of aliphatic hydroxyl groups excluding tert-OH is 2. The second-order valence-corrected chi connectivity index (χ2v) is 24.2. The van der Waals surface area contributed by atoms with Gasteiger partial charge in [0.2, 0.25) is 0 Å². The molecule has 1 heterocycles. The molecule has 1 saturated heterocycles. The minimum atomic E-state index is -3.49. The van der Waals surface area contributed by atoms with Gasteiger partial charge in [-0.2, -0.15) is 0 Å². The van der Waals surface area contributed by atoms with Gasteiger partial charge in [0.25, 0.3) is 16.6 Å². The number of aliphatic hydroxyl groups is 2. The van der Waals surface area contributed by atoms with Crippen molar-refractivity contribution >= 4 is 37.4 Å². The van der Waals surface area contributed by atoms with Crippen LogP contribution >= 0.6 is 0 Å². The van der Waals surface area contributed by atoms with Crippen molar-refractivity contribution in [2.45, 2.75) is 75.5 Å². The highest BCUT2D eigenvalue weighted by atomic mass is 28.4. The molecule has 5 aromatic rings. The maximum atomic E-state index is 13.2. The number of benzene rings is 5. The van der Waals surface area contributed by atoms with Gasteiger partial charge < -0.3 is 28.9 Å². The lowest BCUT2D eigenvalue weighted by atomic mass is 9.78. The van der Waals surface area contributed by atoms with Gasteiger partial charge in [-0.1, -0.05) is 168 Å². The largest absolute Gasteiger partial charge is 0.497 e. The Kier molecular flexibility index (Phi) is 11.6. The van der Waals surface area contributed by atoms with Crippen LogP contribution in [0.4, 0.5) is 0 Å². The zero-order chi connectivity index (χ0) is 37.9. The van der Waals surface area contributed by atoms with Gasteiger partial charge in [-0.15, -0.1) is 0 Å². The van der Waals surface area contributed by atoms with Crippen LogP contribution in [0.2, 0.25) is 10.1 Å². The third-order valence-electron chi connectivity index (χ3n) is 11.3. The maximum absolute atomic E-state index is 13.2. The van der Waals surface area contributed by atoms with E-state index >= 15 is 0 Å². The first-order valence-corrected chi connectivity index (χ1v) is 22.4. The molecule has 0 bridgehead atoms. The number of rotatable bonds is 12. The van der Waals surface area contributed by atoms with Crippen molar-refractivity contribution in [3.8, 4) is 5.75 Å². The Morgan fingerprint density at radius 1 is 0.642 bits per heavy atom. The van der Waals surface area contributed by atoms with Crippen molar-refractivity contribution in [1.82, 2.24) is 0 Å². The van der Waals surface area contributed by atoms with E-state index in [1.807, 2.05) is 121 Å². The van der Waals surface area contributed by atoms with E-state index < -0.39 is 52.0 Å². The van der Waals surface area contributed by atoms with Gasteiger partial charge in [0.05, 0.1) is 25.9 Å². The lowest BCUT2D eigenvalue weighted by molar-refractivity contribution is -0.209. The minimum Gasteiger partial charge on any atom is -0.497 e. The van der Waals surface area contributed by atoms with E-state index in [9.17, 15) is 15.0 Å². The standard InChI is InChI=1S/C45H54O6Si2/c1-44(2,3)53(37-23-15-9-16-24-37,38-25-17-10-18-26-38)51-43-40(32-46)50-42(33-27-29-34(49-6)30-28-33)39(41(43)47)31-45(4,5)52(48,35-19-11-7-12-20-35)36-21-13-8-14-22-36/h7-30,39-43,46-48H,31-32H2,1-6H3/t39?,40-,41-,42+,43?/m1/s1. The second kappa shape index (κ2) is 15.9. The molecule has 1 fully saturated rings. The first-order valence-electron chi connectivity index (χ1n) is 18.6. The molecule has 53 heavy (non-hydrogen) atoms. The highest BCUT2D eigenvalue weighted by molar-refractivity contribution is 6.99. The zero-order valence-corrected chi connectivity index (χ0v) is 33.7. The Hall–Kier alpha value is -3.87. The number of methoxy groups -OCH3 is 1. The summed E-state index contributed by atoms with van der Waals surface area (Å²) in [5.74, 6) is 0.194. The van der Waals surface area contributed by atoms with Crippen LogP contribution in [0.1, 0.15) is 52.7 Å². The van der Waals surface area contributed by atoms with Crippen molar-refractivity contribution in [1.29, 1.82) is 0 Å². The molecular weight excluding hydrogens is 693 g/mol. The topological polar surface area (TPSA) is 88.4 Å². The monoisotopic (exact) mass is 746 g/mol. The first kappa shape index (κ1) is 38.8. The normalized spacial score (nSPS) is 21.3. The average molecular weight is 747 g/mol. The van der Waals surface area contributed by atoms with Crippen LogP contribution in [0, 0.1) is 5.92 Å². The van der Waals surface area contributed by atoms with E-state index in [1.54, 1.807) is 7.11 Å². The van der Waals surface area contributed by atoms with Crippen LogP contribution in [-0.2, 0) is 9.16 Å². The lowest BCUT2D eigenvalue weighted by Crippen LogP contribution is -2.71. The zero-order valence-electron chi connectivity index (χ0n) is 31.7. The second-order valence-electron chi connectivity index (χ2n) is 16.0. The van der Waals surface area contributed by atoms with E-state index in [0.717, 1.165) is 26.3 Å². The Bertz CT molecular complexity index is 1800. The van der Waals surface area contributed by atoms with E-state index in [4.69, 9.17) is 13.9 Å².